The van der Waals surface area contributed by atoms with Crippen molar-refractivity contribution in [1.82, 2.24) is 5.43 Å². The molecule has 1 aromatic carbocycles. The molecule has 0 bridgehead atoms. The maximum absolute atomic E-state index is 9.31. The standard InChI is InChI=1S/C8H9N3O2S/c9-8(14)11-10-4-5-3-6(12)1-2-7(5)13/h1-4,12-13H,(H3,9,11,14)/b10-4+. The van der Waals surface area contributed by atoms with Crippen LogP contribution in [-0.2, 0) is 0 Å². The second-order valence-electron chi connectivity index (χ2n) is 2.48. The Hall–Kier alpha value is -1.82. The minimum atomic E-state index is 0.0105. The predicted molar refractivity (Wildman–Crippen MR) is 57.3 cm³/mol. The van der Waals surface area contributed by atoms with E-state index in [9.17, 15) is 5.11 Å². The molecule has 0 aliphatic carbocycles. The molecule has 0 amide bonds. The summed E-state index contributed by atoms with van der Waals surface area (Å²) in [5, 5.41) is 22.1. The first-order valence-corrected chi connectivity index (χ1v) is 4.11. The third-order valence-corrected chi connectivity index (χ3v) is 1.48. The van der Waals surface area contributed by atoms with E-state index in [4.69, 9.17) is 10.8 Å². The van der Waals surface area contributed by atoms with E-state index in [0.717, 1.165) is 0 Å². The zero-order valence-electron chi connectivity index (χ0n) is 7.14. The molecule has 0 aliphatic heterocycles. The lowest BCUT2D eigenvalue weighted by Crippen LogP contribution is -2.23. The van der Waals surface area contributed by atoms with E-state index < -0.39 is 0 Å². The second-order valence-corrected chi connectivity index (χ2v) is 2.92. The number of hydrogen-bond donors (Lipinski definition) is 4. The van der Waals surface area contributed by atoms with Gasteiger partial charge < -0.3 is 15.9 Å². The summed E-state index contributed by atoms with van der Waals surface area (Å²) in [7, 11) is 0. The van der Waals surface area contributed by atoms with Gasteiger partial charge in [0.2, 0.25) is 0 Å². The number of nitrogens with one attached hydrogen (secondary N) is 1. The maximum Gasteiger partial charge on any atom is 0.184 e. The molecule has 5 N–H and O–H groups in total. The van der Waals surface area contributed by atoms with Gasteiger partial charge in [0, 0.05) is 5.56 Å². The summed E-state index contributed by atoms with van der Waals surface area (Å²) in [6, 6.07) is 4.09. The number of benzene rings is 1. The lowest BCUT2D eigenvalue weighted by Gasteiger charge is -1.99. The highest BCUT2D eigenvalue weighted by Crippen LogP contribution is 2.19. The lowest BCUT2D eigenvalue weighted by molar-refractivity contribution is 0.459. The van der Waals surface area contributed by atoms with E-state index in [1.165, 1.54) is 24.4 Å². The molecule has 0 saturated heterocycles. The third kappa shape index (κ3) is 2.91. The van der Waals surface area contributed by atoms with E-state index in [-0.39, 0.29) is 16.6 Å². The molecular formula is C8H9N3O2S. The van der Waals surface area contributed by atoms with Gasteiger partial charge >= 0.3 is 0 Å². The zero-order chi connectivity index (χ0) is 10.6. The van der Waals surface area contributed by atoms with Gasteiger partial charge in [-0.1, -0.05) is 0 Å². The Bertz CT molecular complexity index is 379. The monoisotopic (exact) mass is 211 g/mol. The van der Waals surface area contributed by atoms with Gasteiger partial charge in [0.05, 0.1) is 6.21 Å². The molecule has 0 saturated carbocycles. The number of phenolic OH excluding ortho intramolecular Hbond substituents is 2. The first-order valence-electron chi connectivity index (χ1n) is 3.70. The second kappa shape index (κ2) is 4.43. The summed E-state index contributed by atoms with van der Waals surface area (Å²) >= 11 is 4.51. The van der Waals surface area contributed by atoms with Gasteiger partial charge in [0.25, 0.3) is 0 Å². The van der Waals surface area contributed by atoms with Crippen LogP contribution < -0.4 is 11.2 Å². The summed E-state index contributed by atoms with van der Waals surface area (Å²) in [5.74, 6) is 0.0517. The Morgan fingerprint density at radius 1 is 1.50 bits per heavy atom. The number of aromatic hydroxyl groups is 2. The molecule has 1 rings (SSSR count). The van der Waals surface area contributed by atoms with Crippen LogP contribution in [0.25, 0.3) is 0 Å². The first kappa shape index (κ1) is 10.3. The van der Waals surface area contributed by atoms with Crippen molar-refractivity contribution in [2.75, 3.05) is 0 Å². The summed E-state index contributed by atoms with van der Waals surface area (Å²) in [5.41, 5.74) is 7.82. The fourth-order valence-corrected chi connectivity index (χ4v) is 0.863. The topological polar surface area (TPSA) is 90.9 Å². The predicted octanol–water partition coefficient (Wildman–Crippen LogP) is 0.265. The third-order valence-electron chi connectivity index (χ3n) is 1.39. The molecule has 5 nitrogen and oxygen atoms in total. The van der Waals surface area contributed by atoms with E-state index >= 15 is 0 Å². The number of nitrogens with zero attached hydrogens (tertiary/aromatic N) is 1. The molecule has 0 radical (unpaired) electrons. The minimum absolute atomic E-state index is 0.0105. The summed E-state index contributed by atoms with van der Waals surface area (Å²) in [4.78, 5) is 0. The molecule has 1 aromatic rings. The van der Waals surface area contributed by atoms with Crippen LogP contribution in [0.3, 0.4) is 0 Å². The molecule has 0 unspecified atom stereocenters. The van der Waals surface area contributed by atoms with Crippen molar-refractivity contribution in [1.29, 1.82) is 0 Å². The van der Waals surface area contributed by atoms with Crippen LogP contribution in [0.5, 0.6) is 11.5 Å². The lowest BCUT2D eigenvalue weighted by atomic mass is 10.2. The highest BCUT2D eigenvalue weighted by atomic mass is 32.1. The first-order chi connectivity index (χ1) is 6.59. The smallest absolute Gasteiger partial charge is 0.184 e. The Morgan fingerprint density at radius 2 is 2.21 bits per heavy atom. The minimum Gasteiger partial charge on any atom is -0.508 e. The maximum atomic E-state index is 9.31. The number of thiocarbonyl (C=S) groups is 1. The Kier molecular flexibility index (Phi) is 3.24. The molecule has 6 heteroatoms. The van der Waals surface area contributed by atoms with Crippen LogP contribution in [0.15, 0.2) is 23.3 Å². The number of rotatable bonds is 2. The summed E-state index contributed by atoms with van der Waals surface area (Å²) in [6.07, 6.45) is 1.30. The van der Waals surface area contributed by atoms with Gasteiger partial charge in [-0.25, -0.2) is 0 Å². The molecule has 0 aromatic heterocycles. The normalized spacial score (nSPS) is 10.3. The molecule has 0 spiro atoms. The van der Waals surface area contributed by atoms with Crippen LogP contribution in [-0.4, -0.2) is 21.5 Å². The van der Waals surface area contributed by atoms with Crippen molar-refractivity contribution in [3.05, 3.63) is 23.8 Å². The van der Waals surface area contributed by atoms with Gasteiger partial charge in [-0.2, -0.15) is 5.10 Å². The van der Waals surface area contributed by atoms with Crippen molar-refractivity contribution in [3.63, 3.8) is 0 Å². The van der Waals surface area contributed by atoms with Crippen LogP contribution in [0.4, 0.5) is 0 Å². The molecule has 0 heterocycles. The Labute approximate surface area is 85.9 Å². The van der Waals surface area contributed by atoms with Gasteiger partial charge in [0.15, 0.2) is 5.11 Å². The molecule has 74 valence electrons. The molecular weight excluding hydrogens is 202 g/mol. The molecule has 0 aliphatic rings. The average molecular weight is 211 g/mol. The van der Waals surface area contributed by atoms with Crippen LogP contribution in [0, 0.1) is 0 Å². The van der Waals surface area contributed by atoms with Crippen LogP contribution in [0.2, 0.25) is 0 Å². The van der Waals surface area contributed by atoms with E-state index in [2.05, 4.69) is 22.7 Å². The fourth-order valence-electron chi connectivity index (χ4n) is 0.811. The van der Waals surface area contributed by atoms with E-state index in [1.807, 2.05) is 0 Å². The Morgan fingerprint density at radius 3 is 2.86 bits per heavy atom. The van der Waals surface area contributed by atoms with Crippen molar-refractivity contribution in [3.8, 4) is 11.5 Å². The largest absolute Gasteiger partial charge is 0.508 e. The van der Waals surface area contributed by atoms with Gasteiger partial charge in [0.1, 0.15) is 11.5 Å². The molecule has 14 heavy (non-hydrogen) atoms. The zero-order valence-corrected chi connectivity index (χ0v) is 7.95. The number of phenols is 2. The van der Waals surface area contributed by atoms with Crippen LogP contribution in [0.1, 0.15) is 5.56 Å². The van der Waals surface area contributed by atoms with Gasteiger partial charge in [-0.15, -0.1) is 0 Å². The van der Waals surface area contributed by atoms with Crippen molar-refractivity contribution in [2.45, 2.75) is 0 Å². The Balaban J connectivity index is 2.80. The van der Waals surface area contributed by atoms with Crippen molar-refractivity contribution in [2.24, 2.45) is 10.8 Å². The number of hydrogen-bond acceptors (Lipinski definition) is 4. The van der Waals surface area contributed by atoms with Gasteiger partial charge in [-0.3, -0.25) is 5.43 Å². The highest BCUT2D eigenvalue weighted by Gasteiger charge is 1.98. The van der Waals surface area contributed by atoms with Crippen molar-refractivity contribution >= 4 is 23.5 Å². The quantitative estimate of drug-likeness (QED) is 0.244. The van der Waals surface area contributed by atoms with E-state index in [0.29, 0.717) is 5.56 Å². The van der Waals surface area contributed by atoms with Crippen LogP contribution >= 0.6 is 12.2 Å². The highest BCUT2D eigenvalue weighted by molar-refractivity contribution is 7.80. The van der Waals surface area contributed by atoms with E-state index in [1.54, 1.807) is 0 Å². The number of hydrazone groups is 1. The fraction of sp³-hybridized carbons (Fsp3) is 0. The SMILES string of the molecule is NC(=S)N/N=C/c1cc(O)ccc1O. The summed E-state index contributed by atoms with van der Waals surface area (Å²) < 4.78 is 0. The van der Waals surface area contributed by atoms with Gasteiger partial charge in [-0.05, 0) is 30.4 Å². The summed E-state index contributed by atoms with van der Waals surface area (Å²) in [6.45, 7) is 0. The average Bonchev–Trinajstić information content (AvgIpc) is 2.10. The van der Waals surface area contributed by atoms with Crippen molar-refractivity contribution < 1.29 is 10.2 Å². The molecule has 0 atom stereocenters. The number of nitrogens with two attached hydrogens (primary N) is 1. The molecule has 0 fully saturated rings.